The van der Waals surface area contributed by atoms with Crippen LogP contribution in [0.4, 0.5) is 0 Å². The van der Waals surface area contributed by atoms with Gasteiger partial charge < -0.3 is 0 Å². The van der Waals surface area contributed by atoms with Crippen molar-refractivity contribution in [3.63, 3.8) is 0 Å². The summed E-state index contributed by atoms with van der Waals surface area (Å²) in [4.78, 5) is 0.417. The van der Waals surface area contributed by atoms with Gasteiger partial charge in [0.2, 0.25) is 10.0 Å². The first-order chi connectivity index (χ1) is 9.79. The third-order valence-corrected chi connectivity index (χ3v) is 7.15. The van der Waals surface area contributed by atoms with Gasteiger partial charge in [-0.1, -0.05) is 61.5 Å². The van der Waals surface area contributed by atoms with Crippen molar-refractivity contribution < 1.29 is 8.42 Å². The van der Waals surface area contributed by atoms with Crippen molar-refractivity contribution in [3.05, 3.63) is 26.7 Å². The summed E-state index contributed by atoms with van der Waals surface area (Å²) >= 11 is 18.9. The second-order valence-corrected chi connectivity index (χ2v) is 9.91. The zero-order valence-corrected chi connectivity index (χ0v) is 16.6. The first-order valence-corrected chi connectivity index (χ1v) is 10.5. The molecule has 118 valence electrons. The van der Waals surface area contributed by atoms with E-state index in [1.807, 2.05) is 0 Å². The second kappa shape index (κ2) is 7.49. The van der Waals surface area contributed by atoms with Gasteiger partial charge in [-0.25, -0.2) is 13.1 Å². The van der Waals surface area contributed by atoms with Crippen molar-refractivity contribution >= 4 is 65.1 Å². The predicted molar refractivity (Wildman–Crippen MR) is 94.0 cm³/mol. The molecule has 0 bridgehead atoms. The SMILES string of the molecule is O=S(=O)(NCC1CCCC(Br)C1)c1c(Cl)cc(Br)cc1Cl. The lowest BCUT2D eigenvalue weighted by Crippen LogP contribution is -2.32. The molecule has 0 amide bonds. The molecule has 1 aliphatic carbocycles. The van der Waals surface area contributed by atoms with Crippen molar-refractivity contribution in [1.82, 2.24) is 4.72 Å². The van der Waals surface area contributed by atoms with E-state index in [-0.39, 0.29) is 14.9 Å². The van der Waals surface area contributed by atoms with E-state index < -0.39 is 10.0 Å². The predicted octanol–water partition coefficient (Wildman–Crippen LogP) is 4.99. The highest BCUT2D eigenvalue weighted by atomic mass is 79.9. The highest BCUT2D eigenvalue weighted by Crippen LogP contribution is 2.33. The molecule has 1 aromatic rings. The Morgan fingerprint density at radius 2 is 1.86 bits per heavy atom. The summed E-state index contributed by atoms with van der Waals surface area (Å²) in [5.41, 5.74) is 0. The largest absolute Gasteiger partial charge is 0.243 e. The van der Waals surface area contributed by atoms with Gasteiger partial charge in [0.25, 0.3) is 0 Å². The fourth-order valence-electron chi connectivity index (χ4n) is 2.50. The number of alkyl halides is 1. The molecule has 1 saturated carbocycles. The number of rotatable bonds is 4. The van der Waals surface area contributed by atoms with E-state index in [4.69, 9.17) is 23.2 Å². The maximum atomic E-state index is 12.4. The maximum Gasteiger partial charge on any atom is 0.243 e. The molecule has 0 spiro atoms. The Hall–Kier alpha value is 0.670. The Morgan fingerprint density at radius 3 is 2.43 bits per heavy atom. The molecule has 0 aliphatic heterocycles. The number of sulfonamides is 1. The number of benzene rings is 1. The van der Waals surface area contributed by atoms with Crippen LogP contribution in [0.15, 0.2) is 21.5 Å². The van der Waals surface area contributed by atoms with Crippen LogP contribution in [0.2, 0.25) is 10.0 Å². The Kier molecular flexibility index (Phi) is 6.43. The first kappa shape index (κ1) is 18.0. The highest BCUT2D eigenvalue weighted by Gasteiger charge is 2.25. The molecule has 8 heteroatoms. The fraction of sp³-hybridized carbons (Fsp3) is 0.538. The lowest BCUT2D eigenvalue weighted by Gasteiger charge is -2.25. The molecule has 1 aromatic carbocycles. The second-order valence-electron chi connectivity index (χ2n) is 5.18. The van der Waals surface area contributed by atoms with Crippen LogP contribution in [0.5, 0.6) is 0 Å². The molecular weight excluding hydrogens is 465 g/mol. The summed E-state index contributed by atoms with van der Waals surface area (Å²) in [5.74, 6) is 0.339. The van der Waals surface area contributed by atoms with Gasteiger partial charge in [-0.2, -0.15) is 0 Å². The molecule has 0 heterocycles. The Balaban J connectivity index is 2.12. The van der Waals surface area contributed by atoms with Gasteiger partial charge in [0.05, 0.1) is 10.0 Å². The highest BCUT2D eigenvalue weighted by molar-refractivity contribution is 9.10. The molecular formula is C13H15Br2Cl2NO2S. The van der Waals surface area contributed by atoms with Gasteiger partial charge in [0.15, 0.2) is 0 Å². The van der Waals surface area contributed by atoms with E-state index in [0.29, 0.717) is 21.8 Å². The van der Waals surface area contributed by atoms with E-state index in [9.17, 15) is 8.42 Å². The number of halogens is 4. The molecule has 1 fully saturated rings. The monoisotopic (exact) mass is 477 g/mol. The lowest BCUT2D eigenvalue weighted by atomic mass is 9.89. The number of nitrogens with one attached hydrogen (secondary N) is 1. The molecule has 2 atom stereocenters. The minimum atomic E-state index is -3.71. The van der Waals surface area contributed by atoms with Crippen molar-refractivity contribution in [2.75, 3.05) is 6.54 Å². The van der Waals surface area contributed by atoms with Crippen molar-refractivity contribution in [2.45, 2.75) is 35.4 Å². The van der Waals surface area contributed by atoms with Crippen LogP contribution < -0.4 is 4.72 Å². The quantitative estimate of drug-likeness (QED) is 0.618. The van der Waals surface area contributed by atoms with Gasteiger partial charge in [0, 0.05) is 15.8 Å². The summed E-state index contributed by atoms with van der Waals surface area (Å²) in [5, 5.41) is 0.229. The van der Waals surface area contributed by atoms with Gasteiger partial charge >= 0.3 is 0 Å². The summed E-state index contributed by atoms with van der Waals surface area (Å²) in [7, 11) is -3.71. The van der Waals surface area contributed by atoms with Crippen LogP contribution in [0.1, 0.15) is 25.7 Å². The van der Waals surface area contributed by atoms with Crippen molar-refractivity contribution in [1.29, 1.82) is 0 Å². The third kappa shape index (κ3) is 4.82. The molecule has 1 aliphatic rings. The van der Waals surface area contributed by atoms with E-state index in [0.717, 1.165) is 25.7 Å². The fourth-order valence-corrected chi connectivity index (χ4v) is 6.40. The Labute approximate surface area is 152 Å². The summed E-state index contributed by atoms with van der Waals surface area (Å²) in [6, 6.07) is 3.05. The molecule has 3 nitrogen and oxygen atoms in total. The van der Waals surface area contributed by atoms with E-state index in [2.05, 4.69) is 36.6 Å². The Morgan fingerprint density at radius 1 is 1.24 bits per heavy atom. The average Bonchev–Trinajstić information content (AvgIpc) is 2.35. The Bertz CT molecular complexity index is 602. The molecule has 1 N–H and O–H groups in total. The van der Waals surface area contributed by atoms with E-state index in [1.54, 1.807) is 0 Å². The van der Waals surface area contributed by atoms with Crippen molar-refractivity contribution in [3.8, 4) is 0 Å². The van der Waals surface area contributed by atoms with Crippen LogP contribution in [-0.2, 0) is 10.0 Å². The molecule has 2 unspecified atom stereocenters. The van der Waals surface area contributed by atoms with Gasteiger partial charge in [0.1, 0.15) is 4.90 Å². The first-order valence-electron chi connectivity index (χ1n) is 6.58. The smallest absolute Gasteiger partial charge is 0.211 e. The van der Waals surface area contributed by atoms with Gasteiger partial charge in [-0.3, -0.25) is 0 Å². The standard InChI is InChI=1S/C13H15Br2Cl2NO2S/c14-9-3-1-2-8(4-9)7-18-21(19,20)13-11(16)5-10(15)6-12(13)17/h5-6,8-9,18H,1-4,7H2. The zero-order valence-electron chi connectivity index (χ0n) is 11.1. The summed E-state index contributed by atoms with van der Waals surface area (Å²) < 4.78 is 28.1. The maximum absolute atomic E-state index is 12.4. The molecule has 2 rings (SSSR count). The van der Waals surface area contributed by atoms with Crippen molar-refractivity contribution in [2.24, 2.45) is 5.92 Å². The van der Waals surface area contributed by atoms with Gasteiger partial charge in [-0.05, 0) is 37.3 Å². The van der Waals surface area contributed by atoms with E-state index >= 15 is 0 Å². The summed E-state index contributed by atoms with van der Waals surface area (Å²) in [6.45, 7) is 0.410. The molecule has 0 radical (unpaired) electrons. The van der Waals surface area contributed by atoms with E-state index in [1.165, 1.54) is 12.1 Å². The lowest BCUT2D eigenvalue weighted by molar-refractivity contribution is 0.368. The van der Waals surface area contributed by atoms with Gasteiger partial charge in [-0.15, -0.1) is 0 Å². The molecule has 0 saturated heterocycles. The number of hydrogen-bond acceptors (Lipinski definition) is 2. The van der Waals surface area contributed by atoms with Crippen LogP contribution in [-0.4, -0.2) is 19.8 Å². The van der Waals surface area contributed by atoms with Crippen LogP contribution in [0.25, 0.3) is 0 Å². The number of hydrogen-bond donors (Lipinski definition) is 1. The summed E-state index contributed by atoms with van der Waals surface area (Å²) in [6.07, 6.45) is 4.27. The minimum Gasteiger partial charge on any atom is -0.211 e. The van der Waals surface area contributed by atoms with Crippen LogP contribution in [0, 0.1) is 5.92 Å². The van der Waals surface area contributed by atoms with Crippen LogP contribution in [0.3, 0.4) is 0 Å². The minimum absolute atomic E-state index is 0.0553. The normalized spacial score (nSPS) is 23.2. The van der Waals surface area contributed by atoms with Crippen LogP contribution >= 0.6 is 55.1 Å². The molecule has 0 aromatic heterocycles. The zero-order chi connectivity index (χ0) is 15.6. The average molecular weight is 480 g/mol. The molecule has 21 heavy (non-hydrogen) atoms. The topological polar surface area (TPSA) is 46.2 Å². The third-order valence-electron chi connectivity index (χ3n) is 3.51.